The van der Waals surface area contributed by atoms with Gasteiger partial charge in [-0.25, -0.2) is 4.99 Å². The van der Waals surface area contributed by atoms with Gasteiger partial charge in [-0.1, -0.05) is 42.1 Å². The van der Waals surface area contributed by atoms with Crippen LogP contribution in [-0.4, -0.2) is 55.0 Å². The van der Waals surface area contributed by atoms with Gasteiger partial charge in [0.2, 0.25) is 11.8 Å². The lowest BCUT2D eigenvalue weighted by Crippen LogP contribution is -2.46. The van der Waals surface area contributed by atoms with Crippen LogP contribution in [0.3, 0.4) is 0 Å². The number of aliphatic imine (C=N–C) groups is 1. The Hall–Kier alpha value is -3.98. The summed E-state index contributed by atoms with van der Waals surface area (Å²) in [5, 5.41) is 2.78. The topological polar surface area (TPSA) is 89.5 Å². The summed E-state index contributed by atoms with van der Waals surface area (Å²) in [5.74, 6) is 1.50. The van der Waals surface area contributed by atoms with Gasteiger partial charge < -0.3 is 19.5 Å². The van der Waals surface area contributed by atoms with Crippen LogP contribution in [0.1, 0.15) is 12.0 Å². The molecule has 0 radical (unpaired) electrons. The highest BCUT2D eigenvalue weighted by atomic mass is 32.2. The number of thioether (sulfide) groups is 1. The van der Waals surface area contributed by atoms with Gasteiger partial charge in [0.05, 0.1) is 27.0 Å². The van der Waals surface area contributed by atoms with E-state index in [4.69, 9.17) is 19.2 Å². The molecule has 0 aromatic heterocycles. The van der Waals surface area contributed by atoms with Crippen molar-refractivity contribution in [1.82, 2.24) is 4.90 Å². The van der Waals surface area contributed by atoms with Gasteiger partial charge in [-0.15, -0.1) is 0 Å². The van der Waals surface area contributed by atoms with Crippen molar-refractivity contribution in [3.05, 3.63) is 78.4 Å². The first-order chi connectivity index (χ1) is 18.0. The van der Waals surface area contributed by atoms with E-state index in [0.29, 0.717) is 46.8 Å². The second-order valence-corrected chi connectivity index (χ2v) is 9.42. The summed E-state index contributed by atoms with van der Waals surface area (Å²) < 4.78 is 16.0. The number of ether oxygens (including phenoxy) is 3. The number of nitrogens with one attached hydrogen (secondary N) is 1. The molecule has 0 aliphatic carbocycles. The van der Waals surface area contributed by atoms with Crippen LogP contribution in [0.25, 0.3) is 0 Å². The van der Waals surface area contributed by atoms with E-state index in [0.717, 1.165) is 5.56 Å². The summed E-state index contributed by atoms with van der Waals surface area (Å²) >= 11 is 1.29. The molecular weight excluding hydrogens is 490 g/mol. The van der Waals surface area contributed by atoms with Gasteiger partial charge in [-0.3, -0.25) is 14.5 Å². The number of benzene rings is 3. The molecule has 0 spiro atoms. The SMILES string of the molecule is COc1cccc(NC(=O)C2CC(=O)N(CCc3ccc(OC)c(OC)c3)C(=Nc3ccccc3)S2)c1. The van der Waals surface area contributed by atoms with Gasteiger partial charge in [-0.2, -0.15) is 0 Å². The molecule has 37 heavy (non-hydrogen) atoms. The molecule has 192 valence electrons. The van der Waals surface area contributed by atoms with E-state index in [2.05, 4.69) is 5.32 Å². The summed E-state index contributed by atoms with van der Waals surface area (Å²) in [4.78, 5) is 32.8. The standard InChI is InChI=1S/C28H29N3O5S/c1-34-22-11-7-10-21(17-22)29-27(33)25-18-26(32)31(28(37-25)30-20-8-5-4-6-9-20)15-14-19-12-13-23(35-2)24(16-19)36-3/h4-13,16-17,25H,14-15,18H2,1-3H3,(H,29,33). The molecule has 4 rings (SSSR count). The number of nitrogens with zero attached hydrogens (tertiary/aromatic N) is 2. The molecule has 1 N–H and O–H groups in total. The normalized spacial score (nSPS) is 16.4. The lowest BCUT2D eigenvalue weighted by atomic mass is 10.1. The van der Waals surface area contributed by atoms with E-state index < -0.39 is 5.25 Å². The average molecular weight is 520 g/mol. The molecule has 1 aliphatic heterocycles. The second kappa shape index (κ2) is 12.3. The maximum Gasteiger partial charge on any atom is 0.238 e. The van der Waals surface area contributed by atoms with Crippen LogP contribution in [0.5, 0.6) is 17.2 Å². The third-order valence-corrected chi connectivity index (χ3v) is 7.01. The van der Waals surface area contributed by atoms with E-state index in [1.807, 2.05) is 48.5 Å². The molecule has 0 saturated carbocycles. The zero-order valence-corrected chi connectivity index (χ0v) is 21.8. The van der Waals surface area contributed by atoms with Crippen molar-refractivity contribution in [2.24, 2.45) is 4.99 Å². The van der Waals surface area contributed by atoms with Crippen LogP contribution in [0.15, 0.2) is 77.8 Å². The summed E-state index contributed by atoms with van der Waals surface area (Å²) in [6.07, 6.45) is 0.654. The zero-order valence-electron chi connectivity index (χ0n) is 21.0. The van der Waals surface area contributed by atoms with Gasteiger partial charge in [0.25, 0.3) is 0 Å². The highest BCUT2D eigenvalue weighted by molar-refractivity contribution is 8.15. The quantitative estimate of drug-likeness (QED) is 0.432. The average Bonchev–Trinajstić information content (AvgIpc) is 2.93. The fraction of sp³-hybridized carbons (Fsp3) is 0.250. The van der Waals surface area contributed by atoms with Crippen molar-refractivity contribution in [3.8, 4) is 17.2 Å². The summed E-state index contributed by atoms with van der Waals surface area (Å²) in [6, 6.07) is 22.2. The van der Waals surface area contributed by atoms with Crippen LogP contribution in [0.2, 0.25) is 0 Å². The first-order valence-corrected chi connectivity index (χ1v) is 12.6. The number of anilines is 1. The van der Waals surface area contributed by atoms with Crippen molar-refractivity contribution in [1.29, 1.82) is 0 Å². The van der Waals surface area contributed by atoms with Crippen molar-refractivity contribution in [2.75, 3.05) is 33.2 Å². The van der Waals surface area contributed by atoms with Gasteiger partial charge in [0.1, 0.15) is 11.0 Å². The van der Waals surface area contributed by atoms with Crippen LogP contribution in [0.4, 0.5) is 11.4 Å². The van der Waals surface area contributed by atoms with Gasteiger partial charge in [0.15, 0.2) is 16.7 Å². The monoisotopic (exact) mass is 519 g/mol. The molecule has 1 fully saturated rings. The minimum absolute atomic E-state index is 0.0697. The maximum absolute atomic E-state index is 13.3. The van der Waals surface area contributed by atoms with Crippen LogP contribution < -0.4 is 19.5 Å². The maximum atomic E-state index is 13.3. The van der Waals surface area contributed by atoms with Crippen molar-refractivity contribution in [3.63, 3.8) is 0 Å². The highest BCUT2D eigenvalue weighted by Crippen LogP contribution is 2.31. The van der Waals surface area contributed by atoms with Crippen LogP contribution in [0, 0.1) is 0 Å². The Bertz CT molecular complexity index is 1280. The summed E-state index contributed by atoms with van der Waals surface area (Å²) in [6.45, 7) is 0.414. The first kappa shape index (κ1) is 26.1. The number of amides is 2. The Morgan fingerprint density at radius 2 is 1.76 bits per heavy atom. The lowest BCUT2D eigenvalue weighted by molar-refractivity contribution is -0.129. The fourth-order valence-corrected chi connectivity index (χ4v) is 5.00. The van der Waals surface area contributed by atoms with Crippen LogP contribution >= 0.6 is 11.8 Å². The predicted molar refractivity (Wildman–Crippen MR) is 146 cm³/mol. The molecule has 1 unspecified atom stereocenters. The molecule has 9 heteroatoms. The third kappa shape index (κ3) is 6.62. The van der Waals surface area contributed by atoms with Gasteiger partial charge in [-0.05, 0) is 48.4 Å². The summed E-state index contributed by atoms with van der Waals surface area (Å²) in [7, 11) is 4.75. The predicted octanol–water partition coefficient (Wildman–Crippen LogP) is 4.92. The van der Waals surface area contributed by atoms with Crippen molar-refractivity contribution >= 4 is 40.1 Å². The lowest BCUT2D eigenvalue weighted by Gasteiger charge is -2.32. The summed E-state index contributed by atoms with van der Waals surface area (Å²) in [5.41, 5.74) is 2.31. The van der Waals surface area contributed by atoms with Gasteiger partial charge >= 0.3 is 0 Å². The fourth-order valence-electron chi connectivity index (χ4n) is 3.87. The molecule has 1 heterocycles. The molecule has 0 bridgehead atoms. The van der Waals surface area contributed by atoms with E-state index in [1.54, 1.807) is 50.5 Å². The molecular formula is C28H29N3O5S. The number of methoxy groups -OCH3 is 3. The zero-order chi connectivity index (χ0) is 26.2. The second-order valence-electron chi connectivity index (χ2n) is 8.25. The van der Waals surface area contributed by atoms with Crippen molar-refractivity contribution < 1.29 is 23.8 Å². The molecule has 1 aliphatic rings. The Morgan fingerprint density at radius 3 is 2.49 bits per heavy atom. The first-order valence-electron chi connectivity index (χ1n) is 11.8. The number of carbonyl (C=O) groups is 2. The number of carbonyl (C=O) groups excluding carboxylic acids is 2. The van der Waals surface area contributed by atoms with Crippen LogP contribution in [-0.2, 0) is 16.0 Å². The highest BCUT2D eigenvalue weighted by Gasteiger charge is 2.36. The number of hydrogen-bond donors (Lipinski definition) is 1. The number of rotatable bonds is 9. The number of amidine groups is 1. The smallest absolute Gasteiger partial charge is 0.238 e. The van der Waals surface area contributed by atoms with E-state index >= 15 is 0 Å². The van der Waals surface area contributed by atoms with Crippen molar-refractivity contribution in [2.45, 2.75) is 18.1 Å². The minimum atomic E-state index is -0.613. The molecule has 3 aromatic rings. The molecule has 1 saturated heterocycles. The molecule has 3 aromatic carbocycles. The van der Waals surface area contributed by atoms with E-state index in [9.17, 15) is 9.59 Å². The Morgan fingerprint density at radius 1 is 0.973 bits per heavy atom. The largest absolute Gasteiger partial charge is 0.497 e. The van der Waals surface area contributed by atoms with E-state index in [-0.39, 0.29) is 18.2 Å². The Balaban J connectivity index is 1.53. The third-order valence-electron chi connectivity index (χ3n) is 5.82. The molecule has 2 amide bonds. The van der Waals surface area contributed by atoms with E-state index in [1.165, 1.54) is 11.8 Å². The minimum Gasteiger partial charge on any atom is -0.497 e. The Kier molecular flexibility index (Phi) is 8.68. The molecule has 8 nitrogen and oxygen atoms in total. The Labute approximate surface area is 220 Å². The number of hydrogen-bond acceptors (Lipinski definition) is 7. The molecule has 1 atom stereocenters. The number of para-hydroxylation sites is 1. The van der Waals surface area contributed by atoms with Gasteiger partial charge in [0, 0.05) is 24.7 Å².